The number of aliphatic hydroxyl groups is 1. The predicted octanol–water partition coefficient (Wildman–Crippen LogP) is 2.29. The summed E-state index contributed by atoms with van der Waals surface area (Å²) >= 11 is 1.44. The summed E-state index contributed by atoms with van der Waals surface area (Å²) in [6.45, 7) is 6.50. The van der Waals surface area contributed by atoms with E-state index in [0.29, 0.717) is 17.5 Å². The number of benzene rings is 1. The minimum atomic E-state index is -0.339. The fourth-order valence-corrected chi connectivity index (χ4v) is 4.12. The van der Waals surface area contributed by atoms with Crippen LogP contribution in [0.1, 0.15) is 26.5 Å². The number of thioether (sulfide) groups is 1. The van der Waals surface area contributed by atoms with Crippen molar-refractivity contribution in [3.63, 3.8) is 0 Å². The van der Waals surface area contributed by atoms with Crippen molar-refractivity contribution in [1.82, 2.24) is 9.55 Å². The third-order valence-corrected chi connectivity index (χ3v) is 5.70. The van der Waals surface area contributed by atoms with Crippen LogP contribution in [0.3, 0.4) is 0 Å². The lowest BCUT2D eigenvalue weighted by molar-refractivity contribution is -0.122. The zero-order chi connectivity index (χ0) is 19.6. The molecule has 1 aliphatic rings. The molecule has 6 nitrogen and oxygen atoms in total. The standard InChI is InChI=1S/C20H25N3O3S/c1-20(2,3)16-11-17(25)23-12-14(13-27-19(23)21-16)18(26)22(9-10-24)15-7-5-4-6-8-15/h4-8,11,14,24H,9-10,12-13H2,1-3H3. The van der Waals surface area contributed by atoms with Gasteiger partial charge in [-0.05, 0) is 12.1 Å². The molecule has 0 radical (unpaired) electrons. The fourth-order valence-electron chi connectivity index (χ4n) is 3.04. The third-order valence-electron chi connectivity index (χ3n) is 4.56. The number of carbonyl (C=O) groups is 1. The van der Waals surface area contributed by atoms with Crippen LogP contribution >= 0.6 is 11.8 Å². The number of hydrogen-bond donors (Lipinski definition) is 1. The van der Waals surface area contributed by atoms with Crippen LogP contribution in [0.5, 0.6) is 0 Å². The van der Waals surface area contributed by atoms with Crippen molar-refractivity contribution in [1.29, 1.82) is 0 Å². The van der Waals surface area contributed by atoms with E-state index in [9.17, 15) is 14.7 Å². The van der Waals surface area contributed by atoms with Crippen LogP contribution in [0.2, 0.25) is 0 Å². The molecule has 0 fully saturated rings. The van der Waals surface area contributed by atoms with E-state index in [2.05, 4.69) is 4.98 Å². The highest BCUT2D eigenvalue weighted by Crippen LogP contribution is 2.29. The first-order chi connectivity index (χ1) is 12.8. The second kappa shape index (κ2) is 7.86. The van der Waals surface area contributed by atoms with Gasteiger partial charge < -0.3 is 10.0 Å². The van der Waals surface area contributed by atoms with Crippen LogP contribution in [0, 0.1) is 5.92 Å². The molecular weight excluding hydrogens is 362 g/mol. The molecule has 1 amide bonds. The lowest BCUT2D eigenvalue weighted by atomic mass is 9.92. The molecule has 0 saturated heterocycles. The topological polar surface area (TPSA) is 75.4 Å². The molecule has 0 aliphatic carbocycles. The van der Waals surface area contributed by atoms with Crippen LogP contribution in [0.4, 0.5) is 5.69 Å². The molecule has 0 bridgehead atoms. The number of anilines is 1. The summed E-state index contributed by atoms with van der Waals surface area (Å²) < 4.78 is 1.59. The predicted molar refractivity (Wildman–Crippen MR) is 107 cm³/mol. The molecule has 1 atom stereocenters. The number of rotatable bonds is 4. The molecule has 1 aliphatic heterocycles. The van der Waals surface area contributed by atoms with Gasteiger partial charge in [0.25, 0.3) is 5.56 Å². The van der Waals surface area contributed by atoms with E-state index in [4.69, 9.17) is 0 Å². The van der Waals surface area contributed by atoms with Crippen LogP contribution in [-0.4, -0.2) is 39.5 Å². The zero-order valence-electron chi connectivity index (χ0n) is 15.9. The van der Waals surface area contributed by atoms with Crippen molar-refractivity contribution >= 4 is 23.4 Å². The van der Waals surface area contributed by atoms with Crippen molar-refractivity contribution in [3.8, 4) is 0 Å². The molecule has 27 heavy (non-hydrogen) atoms. The molecule has 1 aromatic carbocycles. The van der Waals surface area contributed by atoms with Gasteiger partial charge in [-0.3, -0.25) is 14.2 Å². The van der Waals surface area contributed by atoms with Gasteiger partial charge in [-0.2, -0.15) is 0 Å². The van der Waals surface area contributed by atoms with Gasteiger partial charge in [-0.15, -0.1) is 0 Å². The first-order valence-corrected chi connectivity index (χ1v) is 10.0. The van der Waals surface area contributed by atoms with Crippen molar-refractivity contribution < 1.29 is 9.90 Å². The SMILES string of the molecule is CC(C)(C)c1cc(=O)n2c(n1)SCC(C(=O)N(CCO)c1ccccc1)C2. The minimum absolute atomic E-state index is 0.0832. The normalized spacial score (nSPS) is 16.7. The van der Waals surface area contributed by atoms with E-state index in [1.165, 1.54) is 11.8 Å². The molecular formula is C20H25N3O3S. The summed E-state index contributed by atoms with van der Waals surface area (Å²) in [5.41, 5.74) is 1.19. The summed E-state index contributed by atoms with van der Waals surface area (Å²) in [5, 5.41) is 10.1. The number of aromatic nitrogens is 2. The Balaban J connectivity index is 1.86. The van der Waals surface area contributed by atoms with Crippen molar-refractivity contribution in [2.75, 3.05) is 23.8 Å². The molecule has 144 valence electrons. The number of amides is 1. The van der Waals surface area contributed by atoms with Gasteiger partial charge in [-0.1, -0.05) is 50.7 Å². The maximum atomic E-state index is 13.1. The highest BCUT2D eigenvalue weighted by Gasteiger charge is 2.31. The van der Waals surface area contributed by atoms with E-state index in [-0.39, 0.29) is 36.0 Å². The summed E-state index contributed by atoms with van der Waals surface area (Å²) in [6.07, 6.45) is 0. The minimum Gasteiger partial charge on any atom is -0.395 e. The maximum Gasteiger partial charge on any atom is 0.254 e. The highest BCUT2D eigenvalue weighted by atomic mass is 32.2. The Kier molecular flexibility index (Phi) is 5.72. The van der Waals surface area contributed by atoms with Crippen molar-refractivity contribution in [2.45, 2.75) is 37.9 Å². The lowest BCUT2D eigenvalue weighted by Gasteiger charge is -2.30. The van der Waals surface area contributed by atoms with E-state index in [0.717, 1.165) is 11.4 Å². The van der Waals surface area contributed by atoms with Gasteiger partial charge >= 0.3 is 0 Å². The highest BCUT2D eigenvalue weighted by molar-refractivity contribution is 7.99. The van der Waals surface area contributed by atoms with Crippen LogP contribution in [0.15, 0.2) is 46.3 Å². The molecule has 1 unspecified atom stereocenters. The van der Waals surface area contributed by atoms with E-state index in [1.54, 1.807) is 15.5 Å². The number of carbonyl (C=O) groups excluding carboxylic acids is 1. The number of para-hydroxylation sites is 1. The Labute approximate surface area is 163 Å². The summed E-state index contributed by atoms with van der Waals surface area (Å²) in [4.78, 5) is 31.9. The molecule has 0 saturated carbocycles. The second-order valence-electron chi connectivity index (χ2n) is 7.68. The average molecular weight is 388 g/mol. The molecule has 7 heteroatoms. The van der Waals surface area contributed by atoms with Gasteiger partial charge in [0.2, 0.25) is 5.91 Å². The third kappa shape index (κ3) is 4.25. The van der Waals surface area contributed by atoms with Gasteiger partial charge in [-0.25, -0.2) is 4.98 Å². The zero-order valence-corrected chi connectivity index (χ0v) is 16.7. The Hall–Kier alpha value is -2.12. The molecule has 1 aromatic heterocycles. The Morgan fingerprint density at radius 3 is 2.67 bits per heavy atom. The van der Waals surface area contributed by atoms with E-state index >= 15 is 0 Å². The van der Waals surface area contributed by atoms with E-state index < -0.39 is 0 Å². The average Bonchev–Trinajstić information content (AvgIpc) is 2.65. The summed E-state index contributed by atoms with van der Waals surface area (Å²) in [7, 11) is 0. The maximum absolute atomic E-state index is 13.1. The van der Waals surface area contributed by atoms with Gasteiger partial charge in [0.15, 0.2) is 5.16 Å². The first kappa shape index (κ1) is 19.6. The smallest absolute Gasteiger partial charge is 0.254 e. The van der Waals surface area contributed by atoms with Gasteiger partial charge in [0.1, 0.15) is 0 Å². The van der Waals surface area contributed by atoms with Crippen molar-refractivity contribution in [2.24, 2.45) is 5.92 Å². The lowest BCUT2D eigenvalue weighted by Crippen LogP contribution is -2.44. The number of fused-ring (bicyclic) bond motifs is 1. The van der Waals surface area contributed by atoms with Crippen LogP contribution < -0.4 is 10.5 Å². The quantitative estimate of drug-likeness (QED) is 0.815. The second-order valence-corrected chi connectivity index (χ2v) is 8.67. The van der Waals surface area contributed by atoms with Crippen LogP contribution in [-0.2, 0) is 16.8 Å². The number of aliphatic hydroxyl groups excluding tert-OH is 1. The Bertz CT molecular complexity index is 874. The van der Waals surface area contributed by atoms with Crippen LogP contribution in [0.25, 0.3) is 0 Å². The van der Waals surface area contributed by atoms with Crippen molar-refractivity contribution in [3.05, 3.63) is 52.4 Å². The number of hydrogen-bond acceptors (Lipinski definition) is 5. The Morgan fingerprint density at radius 1 is 1.33 bits per heavy atom. The largest absolute Gasteiger partial charge is 0.395 e. The monoisotopic (exact) mass is 387 g/mol. The molecule has 1 N–H and O–H groups in total. The molecule has 3 rings (SSSR count). The first-order valence-electron chi connectivity index (χ1n) is 9.03. The summed E-state index contributed by atoms with van der Waals surface area (Å²) in [6, 6.07) is 10.9. The fraction of sp³-hybridized carbons (Fsp3) is 0.450. The Morgan fingerprint density at radius 2 is 2.04 bits per heavy atom. The van der Waals surface area contributed by atoms with Gasteiger partial charge in [0.05, 0.1) is 18.2 Å². The molecule has 2 heterocycles. The van der Waals surface area contributed by atoms with E-state index in [1.807, 2.05) is 51.1 Å². The number of nitrogens with zero attached hydrogens (tertiary/aromatic N) is 3. The summed E-state index contributed by atoms with van der Waals surface area (Å²) in [5.74, 6) is 0.141. The molecule has 0 spiro atoms. The van der Waals surface area contributed by atoms with Gasteiger partial charge in [0, 0.05) is 36.0 Å². The molecule has 2 aromatic rings.